The van der Waals surface area contributed by atoms with Gasteiger partial charge in [0.05, 0.1) is 18.3 Å². The van der Waals surface area contributed by atoms with Crippen LogP contribution in [0, 0.1) is 0 Å². The van der Waals surface area contributed by atoms with Crippen LogP contribution in [0.5, 0.6) is 5.75 Å². The molecular formula is C22H21Cl2F3N2O2. The summed E-state index contributed by atoms with van der Waals surface area (Å²) in [6, 6.07) is 6.50. The fourth-order valence-electron chi connectivity index (χ4n) is 4.34. The number of alkyl halides is 3. The third kappa shape index (κ3) is 4.23. The molecule has 9 heteroatoms. The molecule has 0 amide bonds. The van der Waals surface area contributed by atoms with E-state index in [0.29, 0.717) is 40.3 Å². The van der Waals surface area contributed by atoms with Crippen molar-refractivity contribution in [3.8, 4) is 5.75 Å². The number of aromatic amines is 1. The number of nitrogens with zero attached hydrogens (tertiary/aromatic N) is 1. The Bertz CT molecular complexity index is 1140. The van der Waals surface area contributed by atoms with Crippen LogP contribution in [-0.4, -0.2) is 33.5 Å². The Labute approximate surface area is 187 Å². The van der Waals surface area contributed by atoms with E-state index in [-0.39, 0.29) is 10.8 Å². The quantitative estimate of drug-likeness (QED) is 0.447. The predicted molar refractivity (Wildman–Crippen MR) is 114 cm³/mol. The van der Waals surface area contributed by atoms with Crippen LogP contribution in [-0.2, 0) is 18.3 Å². The number of rotatable bonds is 5. The van der Waals surface area contributed by atoms with Crippen molar-refractivity contribution in [1.29, 1.82) is 0 Å². The molecule has 0 saturated heterocycles. The SMILES string of the molecule is CC(C)(CC(O)(Cc1cc2cc(Cl)ncc2[nH]1)C(F)(F)F)c1cc(Cl)cc2c1OCC2. The third-order valence-electron chi connectivity index (χ3n) is 5.75. The molecule has 2 aromatic heterocycles. The molecule has 1 atom stereocenters. The average Bonchev–Trinajstić information content (AvgIpc) is 3.24. The van der Waals surface area contributed by atoms with Crippen LogP contribution >= 0.6 is 23.2 Å². The molecule has 0 bridgehead atoms. The summed E-state index contributed by atoms with van der Waals surface area (Å²) in [5.74, 6) is 0.560. The van der Waals surface area contributed by atoms with Gasteiger partial charge in [-0.15, -0.1) is 0 Å². The monoisotopic (exact) mass is 472 g/mol. The smallest absolute Gasteiger partial charge is 0.417 e. The Balaban J connectivity index is 1.71. The first kappa shape index (κ1) is 22.2. The van der Waals surface area contributed by atoms with E-state index in [1.165, 1.54) is 6.20 Å². The van der Waals surface area contributed by atoms with Crippen molar-refractivity contribution in [3.05, 3.63) is 57.5 Å². The summed E-state index contributed by atoms with van der Waals surface area (Å²) < 4.78 is 48.2. The average molecular weight is 473 g/mol. The molecule has 1 aliphatic heterocycles. The van der Waals surface area contributed by atoms with E-state index >= 15 is 0 Å². The van der Waals surface area contributed by atoms with Crippen LogP contribution in [0.1, 0.15) is 37.1 Å². The molecule has 4 rings (SSSR count). The van der Waals surface area contributed by atoms with Gasteiger partial charge in [0, 0.05) is 34.5 Å². The summed E-state index contributed by atoms with van der Waals surface area (Å²) in [5.41, 5.74) is -1.84. The zero-order chi connectivity index (χ0) is 22.6. The highest BCUT2D eigenvalue weighted by molar-refractivity contribution is 6.30. The van der Waals surface area contributed by atoms with Crippen LogP contribution in [0.15, 0.2) is 30.5 Å². The fourth-order valence-corrected chi connectivity index (χ4v) is 4.74. The van der Waals surface area contributed by atoms with E-state index < -0.39 is 30.0 Å². The number of hydrogen-bond acceptors (Lipinski definition) is 3. The maximum absolute atomic E-state index is 14.2. The summed E-state index contributed by atoms with van der Waals surface area (Å²) in [5, 5.41) is 12.2. The Hall–Kier alpha value is -1.96. The number of hydrogen-bond donors (Lipinski definition) is 2. The molecule has 1 aromatic carbocycles. The number of aliphatic hydroxyl groups is 1. The van der Waals surface area contributed by atoms with E-state index in [0.717, 1.165) is 5.56 Å². The van der Waals surface area contributed by atoms with Gasteiger partial charge in [-0.2, -0.15) is 13.2 Å². The Morgan fingerprint density at radius 3 is 2.61 bits per heavy atom. The lowest BCUT2D eigenvalue weighted by molar-refractivity contribution is -0.266. The summed E-state index contributed by atoms with van der Waals surface area (Å²) in [6.45, 7) is 3.77. The van der Waals surface area contributed by atoms with Crippen molar-refractivity contribution in [1.82, 2.24) is 9.97 Å². The van der Waals surface area contributed by atoms with E-state index in [1.807, 2.05) is 0 Å². The van der Waals surface area contributed by atoms with Gasteiger partial charge in [0.15, 0.2) is 5.60 Å². The van der Waals surface area contributed by atoms with Gasteiger partial charge in [-0.3, -0.25) is 0 Å². The van der Waals surface area contributed by atoms with Crippen LogP contribution in [0.25, 0.3) is 10.9 Å². The van der Waals surface area contributed by atoms with Gasteiger partial charge in [-0.05, 0) is 41.7 Å². The van der Waals surface area contributed by atoms with Gasteiger partial charge in [0.25, 0.3) is 0 Å². The van der Waals surface area contributed by atoms with E-state index in [1.54, 1.807) is 38.1 Å². The van der Waals surface area contributed by atoms with E-state index in [4.69, 9.17) is 27.9 Å². The van der Waals surface area contributed by atoms with Gasteiger partial charge in [-0.25, -0.2) is 4.98 Å². The second kappa shape index (κ2) is 7.57. The first-order chi connectivity index (χ1) is 14.4. The minimum absolute atomic E-state index is 0.236. The van der Waals surface area contributed by atoms with Crippen LogP contribution in [0.4, 0.5) is 13.2 Å². The number of aromatic nitrogens is 2. The maximum atomic E-state index is 14.2. The number of pyridine rings is 1. The lowest BCUT2D eigenvalue weighted by Gasteiger charge is -2.38. The second-order valence-corrected chi connectivity index (χ2v) is 9.52. The van der Waals surface area contributed by atoms with Gasteiger partial charge >= 0.3 is 6.18 Å². The molecule has 3 heterocycles. The summed E-state index contributed by atoms with van der Waals surface area (Å²) in [6.07, 6.45) is -3.98. The van der Waals surface area contributed by atoms with Crippen molar-refractivity contribution >= 4 is 34.1 Å². The van der Waals surface area contributed by atoms with Crippen LogP contribution in [0.2, 0.25) is 10.2 Å². The van der Waals surface area contributed by atoms with Gasteiger partial charge in [0.1, 0.15) is 10.9 Å². The van der Waals surface area contributed by atoms with Gasteiger partial charge in [0.2, 0.25) is 0 Å². The molecule has 0 saturated carbocycles. The fraction of sp³-hybridized carbons (Fsp3) is 0.409. The van der Waals surface area contributed by atoms with Crippen molar-refractivity contribution in [2.75, 3.05) is 6.61 Å². The lowest BCUT2D eigenvalue weighted by Crippen LogP contribution is -2.51. The van der Waals surface area contributed by atoms with Crippen molar-refractivity contribution in [2.24, 2.45) is 0 Å². The Morgan fingerprint density at radius 2 is 1.90 bits per heavy atom. The van der Waals surface area contributed by atoms with Crippen molar-refractivity contribution < 1.29 is 23.0 Å². The van der Waals surface area contributed by atoms with E-state index in [9.17, 15) is 18.3 Å². The Morgan fingerprint density at radius 1 is 1.16 bits per heavy atom. The third-order valence-corrected chi connectivity index (χ3v) is 6.17. The summed E-state index contributed by atoms with van der Waals surface area (Å²) >= 11 is 12.1. The molecule has 1 aliphatic rings. The van der Waals surface area contributed by atoms with Gasteiger partial charge < -0.3 is 14.8 Å². The molecule has 0 spiro atoms. The number of H-pyrrole nitrogens is 1. The maximum Gasteiger partial charge on any atom is 0.417 e. The van der Waals surface area contributed by atoms with Crippen LogP contribution in [0.3, 0.4) is 0 Å². The highest BCUT2D eigenvalue weighted by Crippen LogP contribution is 2.47. The minimum atomic E-state index is -4.86. The molecular weight excluding hydrogens is 452 g/mol. The zero-order valence-electron chi connectivity index (χ0n) is 16.9. The lowest BCUT2D eigenvalue weighted by atomic mass is 9.73. The highest BCUT2D eigenvalue weighted by Gasteiger charge is 2.56. The second-order valence-electron chi connectivity index (χ2n) is 8.70. The largest absolute Gasteiger partial charge is 0.493 e. The van der Waals surface area contributed by atoms with Crippen molar-refractivity contribution in [3.63, 3.8) is 0 Å². The molecule has 31 heavy (non-hydrogen) atoms. The molecule has 4 nitrogen and oxygen atoms in total. The van der Waals surface area contributed by atoms with Gasteiger partial charge in [-0.1, -0.05) is 37.0 Å². The molecule has 1 unspecified atom stereocenters. The summed E-state index contributed by atoms with van der Waals surface area (Å²) in [4.78, 5) is 6.83. The molecule has 166 valence electrons. The first-order valence-corrected chi connectivity index (χ1v) is 10.5. The number of halogens is 5. The normalized spacial score (nSPS) is 16.3. The molecule has 2 N–H and O–H groups in total. The number of fused-ring (bicyclic) bond motifs is 2. The standard InChI is InChI=1S/C22H21Cl2F3N2O2/c1-20(2,16-8-14(23)5-12-3-4-31-19(12)16)11-21(30,22(25,26)27)9-15-6-13-7-18(24)28-10-17(13)29-15/h5-8,10,29-30H,3-4,9,11H2,1-2H3. The highest BCUT2D eigenvalue weighted by atomic mass is 35.5. The topological polar surface area (TPSA) is 58.1 Å². The van der Waals surface area contributed by atoms with Crippen LogP contribution < -0.4 is 4.74 Å². The predicted octanol–water partition coefficient (Wildman–Crippen LogP) is 6.01. The number of benzene rings is 1. The number of nitrogens with one attached hydrogen (secondary N) is 1. The first-order valence-electron chi connectivity index (χ1n) is 9.76. The molecule has 0 fully saturated rings. The Kier molecular flexibility index (Phi) is 5.43. The number of ether oxygens (including phenoxy) is 1. The minimum Gasteiger partial charge on any atom is -0.493 e. The summed E-state index contributed by atoms with van der Waals surface area (Å²) in [7, 11) is 0. The molecule has 0 aliphatic carbocycles. The zero-order valence-corrected chi connectivity index (χ0v) is 18.4. The molecule has 0 radical (unpaired) electrons. The van der Waals surface area contributed by atoms with E-state index in [2.05, 4.69) is 9.97 Å². The van der Waals surface area contributed by atoms with Crippen molar-refractivity contribution in [2.45, 2.75) is 50.3 Å². The molecule has 3 aromatic rings.